The molecule has 0 radical (unpaired) electrons. The molecule has 0 saturated carbocycles. The number of nitrogens with zero attached hydrogens (tertiary/aromatic N) is 2. The number of carbonyl (C=O) groups excluding carboxylic acids is 2. The van der Waals surface area contributed by atoms with E-state index in [-0.39, 0.29) is 5.92 Å². The molecule has 1 aliphatic heterocycles. The number of unbranched alkanes of at least 4 members (excludes halogenated alkanes) is 1. The molecular weight excluding hydrogens is 286 g/mol. The summed E-state index contributed by atoms with van der Waals surface area (Å²) >= 11 is 0. The molecule has 1 aromatic rings. The predicted octanol–water partition coefficient (Wildman–Crippen LogP) is 1.40. The fraction of sp³-hybridized carbons (Fsp3) is 0.533. The van der Waals surface area contributed by atoms with Gasteiger partial charge in [0.2, 0.25) is 0 Å². The fourth-order valence-electron chi connectivity index (χ4n) is 2.11. The molecule has 0 aromatic carbocycles. The van der Waals surface area contributed by atoms with Crippen molar-refractivity contribution in [1.29, 1.82) is 0 Å². The van der Waals surface area contributed by atoms with E-state index in [4.69, 9.17) is 15.3 Å². The first-order valence-corrected chi connectivity index (χ1v) is 7.43. The fourth-order valence-corrected chi connectivity index (χ4v) is 2.11. The second-order valence-electron chi connectivity index (χ2n) is 5.24. The molecule has 1 aliphatic rings. The Kier molecular flexibility index (Phi) is 5.71. The van der Waals surface area contributed by atoms with Crippen LogP contribution in [0.2, 0.25) is 0 Å². The minimum Gasteiger partial charge on any atom is -0.397 e. The summed E-state index contributed by atoms with van der Waals surface area (Å²) in [6.45, 7) is 3.22. The lowest BCUT2D eigenvalue weighted by Crippen LogP contribution is -2.36. The van der Waals surface area contributed by atoms with Gasteiger partial charge < -0.3 is 15.3 Å². The molecule has 7 heteroatoms. The Bertz CT molecular complexity index is 529. The smallest absolute Gasteiger partial charge is 0.337 e. The summed E-state index contributed by atoms with van der Waals surface area (Å²) in [6, 6.07) is 1.51. The SMILES string of the molecule is CCCCN(OC(=O)[C@H]1CCOC1)C(=O)c1cncc(N)c1. The van der Waals surface area contributed by atoms with Crippen LogP contribution < -0.4 is 5.73 Å². The third-order valence-corrected chi connectivity index (χ3v) is 3.41. The summed E-state index contributed by atoms with van der Waals surface area (Å²) in [7, 11) is 0. The number of nitrogen functional groups attached to an aromatic ring is 1. The zero-order valence-electron chi connectivity index (χ0n) is 12.7. The maximum Gasteiger partial charge on any atom is 0.337 e. The van der Waals surface area contributed by atoms with Crippen LogP contribution in [-0.4, -0.2) is 41.7 Å². The van der Waals surface area contributed by atoms with Crippen molar-refractivity contribution in [2.45, 2.75) is 26.2 Å². The van der Waals surface area contributed by atoms with Gasteiger partial charge in [-0.25, -0.2) is 4.79 Å². The lowest BCUT2D eigenvalue weighted by atomic mass is 10.1. The number of aromatic nitrogens is 1. The van der Waals surface area contributed by atoms with E-state index in [0.29, 0.717) is 37.4 Å². The van der Waals surface area contributed by atoms with Crippen molar-refractivity contribution in [1.82, 2.24) is 10.0 Å². The van der Waals surface area contributed by atoms with Crippen molar-refractivity contribution in [2.75, 3.05) is 25.5 Å². The Morgan fingerprint density at radius 3 is 2.95 bits per heavy atom. The van der Waals surface area contributed by atoms with Crippen molar-refractivity contribution in [2.24, 2.45) is 5.92 Å². The van der Waals surface area contributed by atoms with Crippen molar-refractivity contribution in [3.8, 4) is 0 Å². The number of ether oxygens (including phenoxy) is 1. The Morgan fingerprint density at radius 2 is 2.32 bits per heavy atom. The number of hydrogen-bond acceptors (Lipinski definition) is 6. The molecule has 7 nitrogen and oxygen atoms in total. The van der Waals surface area contributed by atoms with E-state index in [2.05, 4.69) is 4.98 Å². The molecule has 2 heterocycles. The number of anilines is 1. The second-order valence-corrected chi connectivity index (χ2v) is 5.24. The minimum absolute atomic E-state index is 0.298. The molecule has 1 atom stereocenters. The van der Waals surface area contributed by atoms with Gasteiger partial charge in [0.15, 0.2) is 0 Å². The van der Waals surface area contributed by atoms with Crippen molar-refractivity contribution in [3.63, 3.8) is 0 Å². The van der Waals surface area contributed by atoms with Crippen LogP contribution in [0, 0.1) is 5.92 Å². The van der Waals surface area contributed by atoms with Gasteiger partial charge in [0, 0.05) is 19.0 Å². The number of pyridine rings is 1. The average Bonchev–Trinajstić information content (AvgIpc) is 3.05. The minimum atomic E-state index is -0.432. The molecule has 0 bridgehead atoms. The molecule has 2 rings (SSSR count). The summed E-state index contributed by atoms with van der Waals surface area (Å²) in [5.41, 5.74) is 6.32. The molecule has 2 N–H and O–H groups in total. The predicted molar refractivity (Wildman–Crippen MR) is 79.6 cm³/mol. The van der Waals surface area contributed by atoms with Gasteiger partial charge in [-0.2, -0.15) is 5.06 Å². The lowest BCUT2D eigenvalue weighted by molar-refractivity contribution is -0.183. The van der Waals surface area contributed by atoms with E-state index in [1.807, 2.05) is 6.92 Å². The van der Waals surface area contributed by atoms with E-state index in [1.54, 1.807) is 0 Å². The first-order chi connectivity index (χ1) is 10.6. The average molecular weight is 307 g/mol. The van der Waals surface area contributed by atoms with Crippen LogP contribution in [0.4, 0.5) is 5.69 Å². The maximum absolute atomic E-state index is 12.5. The number of carbonyl (C=O) groups is 2. The molecule has 0 spiro atoms. The van der Waals surface area contributed by atoms with Gasteiger partial charge in [0.1, 0.15) is 0 Å². The maximum atomic E-state index is 12.5. The van der Waals surface area contributed by atoms with Gasteiger partial charge in [0.05, 0.1) is 30.3 Å². The van der Waals surface area contributed by atoms with Crippen LogP contribution in [0.3, 0.4) is 0 Å². The van der Waals surface area contributed by atoms with Gasteiger partial charge in [0.25, 0.3) is 5.91 Å². The molecule has 1 aromatic heterocycles. The summed E-state index contributed by atoms with van der Waals surface area (Å²) in [5.74, 6) is -1.16. The monoisotopic (exact) mass is 307 g/mol. The van der Waals surface area contributed by atoms with Crippen molar-refractivity contribution < 1.29 is 19.2 Å². The van der Waals surface area contributed by atoms with Gasteiger partial charge >= 0.3 is 5.97 Å². The Balaban J connectivity index is 2.07. The highest BCUT2D eigenvalue weighted by Gasteiger charge is 2.29. The molecular formula is C15H21N3O4. The van der Waals surface area contributed by atoms with E-state index >= 15 is 0 Å². The molecule has 120 valence electrons. The molecule has 0 unspecified atom stereocenters. The van der Waals surface area contributed by atoms with Crippen molar-refractivity contribution >= 4 is 17.6 Å². The topological polar surface area (TPSA) is 94.7 Å². The number of nitrogens with two attached hydrogens (primary N) is 1. The number of amides is 1. The van der Waals surface area contributed by atoms with Crippen molar-refractivity contribution in [3.05, 3.63) is 24.0 Å². The summed E-state index contributed by atoms with van der Waals surface area (Å²) < 4.78 is 5.17. The zero-order valence-corrected chi connectivity index (χ0v) is 12.7. The normalized spacial score (nSPS) is 17.2. The zero-order chi connectivity index (χ0) is 15.9. The van der Waals surface area contributed by atoms with Gasteiger partial charge in [-0.1, -0.05) is 13.3 Å². The Labute approximate surface area is 129 Å². The van der Waals surface area contributed by atoms with Crippen LogP contribution in [0.1, 0.15) is 36.5 Å². The van der Waals surface area contributed by atoms with Gasteiger partial charge in [-0.15, -0.1) is 0 Å². The van der Waals surface area contributed by atoms with E-state index in [0.717, 1.165) is 17.9 Å². The van der Waals surface area contributed by atoms with E-state index in [1.165, 1.54) is 18.5 Å². The summed E-state index contributed by atoms with van der Waals surface area (Å²) in [6.07, 6.45) is 5.09. The van der Waals surface area contributed by atoms with E-state index in [9.17, 15) is 9.59 Å². The third kappa shape index (κ3) is 4.17. The third-order valence-electron chi connectivity index (χ3n) is 3.41. The highest BCUT2D eigenvalue weighted by molar-refractivity contribution is 5.94. The van der Waals surface area contributed by atoms with E-state index < -0.39 is 11.9 Å². The van der Waals surface area contributed by atoms with Gasteiger partial charge in [-0.3, -0.25) is 9.78 Å². The van der Waals surface area contributed by atoms with Gasteiger partial charge in [-0.05, 0) is 18.9 Å². The molecule has 22 heavy (non-hydrogen) atoms. The highest BCUT2D eigenvalue weighted by Crippen LogP contribution is 2.16. The molecule has 0 aliphatic carbocycles. The molecule has 1 saturated heterocycles. The first-order valence-electron chi connectivity index (χ1n) is 7.43. The van der Waals surface area contributed by atoms with Crippen LogP contribution in [0.15, 0.2) is 18.5 Å². The number of rotatable bonds is 5. The first kappa shape index (κ1) is 16.2. The quantitative estimate of drug-likeness (QED) is 0.826. The Hall–Kier alpha value is -2.15. The summed E-state index contributed by atoms with van der Waals surface area (Å²) in [5, 5.41) is 1.10. The standard InChI is InChI=1S/C15H21N3O4/c1-2-3-5-18(22-15(20)11-4-6-21-10-11)14(19)12-7-13(16)9-17-8-12/h7-9,11H,2-6,10,16H2,1H3/t11-/m0/s1. The lowest BCUT2D eigenvalue weighted by Gasteiger charge is -2.22. The summed E-state index contributed by atoms with van der Waals surface area (Å²) in [4.78, 5) is 33.7. The largest absolute Gasteiger partial charge is 0.397 e. The number of hydroxylamine groups is 2. The second kappa shape index (κ2) is 7.74. The Morgan fingerprint density at radius 1 is 1.50 bits per heavy atom. The molecule has 1 fully saturated rings. The number of hydrogen-bond donors (Lipinski definition) is 1. The van der Waals surface area contributed by atoms with Crippen LogP contribution >= 0.6 is 0 Å². The molecule has 1 amide bonds. The van der Waals surface area contributed by atoms with Crippen LogP contribution in [0.5, 0.6) is 0 Å². The highest BCUT2D eigenvalue weighted by atomic mass is 16.7. The van der Waals surface area contributed by atoms with Crippen LogP contribution in [-0.2, 0) is 14.4 Å². The van der Waals surface area contributed by atoms with Crippen LogP contribution in [0.25, 0.3) is 0 Å².